The Hall–Kier alpha value is -3.19. The summed E-state index contributed by atoms with van der Waals surface area (Å²) in [5, 5.41) is 9.51. The van der Waals surface area contributed by atoms with Gasteiger partial charge in [0.15, 0.2) is 6.61 Å². The molecule has 0 bridgehead atoms. The summed E-state index contributed by atoms with van der Waals surface area (Å²) in [6.07, 6.45) is 6.55. The summed E-state index contributed by atoms with van der Waals surface area (Å²) in [5.41, 5.74) is 2.50. The number of carbonyl (C=O) groups excluding carboxylic acids is 2. The molecule has 3 rings (SSSR count). The molecule has 2 aromatic heterocycles. The molecule has 0 spiro atoms. The smallest absolute Gasteiger partial charge is 0.331 e. The van der Waals surface area contributed by atoms with Crippen LogP contribution in [0.1, 0.15) is 32.3 Å². The van der Waals surface area contributed by atoms with Gasteiger partial charge in [-0.1, -0.05) is 38.1 Å². The number of ether oxygens (including phenoxy) is 1. The fourth-order valence-corrected chi connectivity index (χ4v) is 3.66. The minimum absolute atomic E-state index is 0.101. The third-order valence-electron chi connectivity index (χ3n) is 4.61. The lowest BCUT2D eigenvalue weighted by molar-refractivity contribution is -0.144. The van der Waals surface area contributed by atoms with Crippen molar-refractivity contribution in [3.8, 4) is 16.3 Å². The molecule has 0 aliphatic carbocycles. The van der Waals surface area contributed by atoms with E-state index < -0.39 is 5.97 Å². The average Bonchev–Trinajstić information content (AvgIpc) is 3.45. The summed E-state index contributed by atoms with van der Waals surface area (Å²) >= 11 is 1.58. The van der Waals surface area contributed by atoms with E-state index >= 15 is 0 Å². The van der Waals surface area contributed by atoms with E-state index in [0.29, 0.717) is 0 Å². The third-order valence-corrected chi connectivity index (χ3v) is 5.49. The zero-order valence-corrected chi connectivity index (χ0v) is 17.9. The van der Waals surface area contributed by atoms with Gasteiger partial charge in [0.25, 0.3) is 5.91 Å². The zero-order valence-electron chi connectivity index (χ0n) is 17.1. The molecule has 1 amide bonds. The maximum absolute atomic E-state index is 12.1. The Kier molecular flexibility index (Phi) is 7.57. The lowest BCUT2D eigenvalue weighted by Crippen LogP contribution is -2.36. The highest BCUT2D eigenvalue weighted by Gasteiger charge is 2.13. The highest BCUT2D eigenvalue weighted by atomic mass is 32.1. The number of aromatic nitrogens is 2. The fraction of sp³-hybridized carbons (Fsp3) is 0.261. The van der Waals surface area contributed by atoms with Gasteiger partial charge in [-0.25, -0.2) is 9.48 Å². The molecule has 0 saturated heterocycles. The van der Waals surface area contributed by atoms with Gasteiger partial charge in [-0.05, 0) is 42.5 Å². The molecule has 0 fully saturated rings. The van der Waals surface area contributed by atoms with Gasteiger partial charge < -0.3 is 10.1 Å². The first-order valence-electron chi connectivity index (χ1n) is 9.93. The van der Waals surface area contributed by atoms with E-state index in [2.05, 4.69) is 10.4 Å². The van der Waals surface area contributed by atoms with Crippen molar-refractivity contribution in [1.82, 2.24) is 15.1 Å². The van der Waals surface area contributed by atoms with Crippen LogP contribution in [0.15, 0.2) is 60.1 Å². The second-order valence-electron chi connectivity index (χ2n) is 6.71. The molecule has 1 N–H and O–H groups in total. The summed E-state index contributed by atoms with van der Waals surface area (Å²) in [5.74, 6) is -0.860. The first kappa shape index (κ1) is 21.5. The monoisotopic (exact) mass is 423 g/mol. The van der Waals surface area contributed by atoms with Gasteiger partial charge in [-0.2, -0.15) is 5.10 Å². The summed E-state index contributed by atoms with van der Waals surface area (Å²) in [6.45, 7) is 3.72. The number of hydrogen-bond acceptors (Lipinski definition) is 5. The van der Waals surface area contributed by atoms with Crippen LogP contribution in [0.5, 0.6) is 0 Å². The number of amides is 1. The largest absolute Gasteiger partial charge is 0.452 e. The van der Waals surface area contributed by atoms with Crippen LogP contribution in [-0.2, 0) is 14.3 Å². The van der Waals surface area contributed by atoms with Gasteiger partial charge >= 0.3 is 5.97 Å². The predicted octanol–water partition coefficient (Wildman–Crippen LogP) is 4.46. The Morgan fingerprint density at radius 1 is 1.17 bits per heavy atom. The number of carbonyl (C=O) groups is 2. The molecule has 1 aromatic carbocycles. The third kappa shape index (κ3) is 5.67. The molecule has 6 nitrogen and oxygen atoms in total. The molecule has 0 aliphatic heterocycles. The maximum Gasteiger partial charge on any atom is 0.331 e. The van der Waals surface area contributed by atoms with Crippen molar-refractivity contribution in [2.24, 2.45) is 0 Å². The number of esters is 1. The number of rotatable bonds is 9. The molecule has 156 valence electrons. The number of nitrogens with one attached hydrogen (secondary N) is 1. The van der Waals surface area contributed by atoms with Crippen LogP contribution in [-0.4, -0.2) is 34.3 Å². The molecule has 30 heavy (non-hydrogen) atoms. The Morgan fingerprint density at radius 2 is 1.93 bits per heavy atom. The molecule has 0 aliphatic rings. The molecule has 0 radical (unpaired) electrons. The molecule has 0 unspecified atom stereocenters. The lowest BCUT2D eigenvalue weighted by Gasteiger charge is -2.14. The van der Waals surface area contributed by atoms with Crippen LogP contribution in [0.3, 0.4) is 0 Å². The van der Waals surface area contributed by atoms with Crippen LogP contribution in [0.4, 0.5) is 0 Å². The van der Waals surface area contributed by atoms with Crippen molar-refractivity contribution in [2.75, 3.05) is 6.61 Å². The summed E-state index contributed by atoms with van der Waals surface area (Å²) in [6, 6.07) is 13.8. The minimum Gasteiger partial charge on any atom is -0.452 e. The number of hydrogen-bond donors (Lipinski definition) is 1. The SMILES string of the molecule is CCC(CC)NC(=O)COC(=O)/C=C/c1cn(-c2ccccc2)nc1-c1cccs1. The first-order valence-corrected chi connectivity index (χ1v) is 10.8. The quantitative estimate of drug-likeness (QED) is 0.407. The van der Waals surface area contributed by atoms with Crippen molar-refractivity contribution in [3.05, 3.63) is 65.7 Å². The topological polar surface area (TPSA) is 73.2 Å². The van der Waals surface area contributed by atoms with E-state index in [1.807, 2.05) is 67.9 Å². The number of nitrogens with zero attached hydrogens (tertiary/aromatic N) is 2. The molecule has 0 saturated carbocycles. The van der Waals surface area contributed by atoms with E-state index in [0.717, 1.165) is 34.7 Å². The standard InChI is InChI=1S/C23H25N3O3S/c1-3-18(4-2)24-21(27)16-29-22(28)13-12-17-15-26(19-9-6-5-7-10-19)25-23(17)20-11-8-14-30-20/h5-15,18H,3-4,16H2,1-2H3,(H,24,27)/b13-12+. The number of para-hydroxylation sites is 1. The van der Waals surface area contributed by atoms with Gasteiger partial charge in [-0.3, -0.25) is 4.79 Å². The van der Waals surface area contributed by atoms with Crippen LogP contribution in [0.25, 0.3) is 22.3 Å². The molecular formula is C23H25N3O3S. The number of benzene rings is 1. The van der Waals surface area contributed by atoms with E-state index in [4.69, 9.17) is 4.74 Å². The van der Waals surface area contributed by atoms with Gasteiger partial charge in [-0.15, -0.1) is 11.3 Å². The summed E-state index contributed by atoms with van der Waals surface area (Å²) < 4.78 is 6.86. The van der Waals surface area contributed by atoms with E-state index in [-0.39, 0.29) is 18.6 Å². The second-order valence-corrected chi connectivity index (χ2v) is 7.66. The molecule has 7 heteroatoms. The van der Waals surface area contributed by atoms with E-state index in [9.17, 15) is 9.59 Å². The molecule has 0 atom stereocenters. The Labute approximate surface area is 180 Å². The first-order chi connectivity index (χ1) is 14.6. The van der Waals surface area contributed by atoms with Crippen molar-refractivity contribution in [2.45, 2.75) is 32.7 Å². The average molecular weight is 424 g/mol. The maximum atomic E-state index is 12.1. The second kappa shape index (κ2) is 10.5. The van der Waals surface area contributed by atoms with Crippen LogP contribution in [0, 0.1) is 0 Å². The van der Waals surface area contributed by atoms with Crippen LogP contribution < -0.4 is 5.32 Å². The van der Waals surface area contributed by atoms with Crippen molar-refractivity contribution >= 4 is 29.3 Å². The normalized spacial score (nSPS) is 11.2. The highest BCUT2D eigenvalue weighted by molar-refractivity contribution is 7.13. The van der Waals surface area contributed by atoms with Crippen molar-refractivity contribution in [1.29, 1.82) is 0 Å². The van der Waals surface area contributed by atoms with Crippen molar-refractivity contribution < 1.29 is 14.3 Å². The molecular weight excluding hydrogens is 398 g/mol. The van der Waals surface area contributed by atoms with E-state index in [1.165, 1.54) is 6.08 Å². The zero-order chi connectivity index (χ0) is 21.3. The number of thiophene rings is 1. The fourth-order valence-electron chi connectivity index (χ4n) is 2.93. The van der Waals surface area contributed by atoms with Crippen LogP contribution in [0.2, 0.25) is 0 Å². The van der Waals surface area contributed by atoms with E-state index in [1.54, 1.807) is 22.1 Å². The Bertz CT molecular complexity index is 990. The highest BCUT2D eigenvalue weighted by Crippen LogP contribution is 2.28. The minimum atomic E-state index is -0.570. The summed E-state index contributed by atoms with van der Waals surface area (Å²) in [7, 11) is 0. The van der Waals surface area contributed by atoms with Crippen molar-refractivity contribution in [3.63, 3.8) is 0 Å². The lowest BCUT2D eigenvalue weighted by atomic mass is 10.2. The van der Waals surface area contributed by atoms with Gasteiger partial charge in [0.1, 0.15) is 5.69 Å². The summed E-state index contributed by atoms with van der Waals surface area (Å²) in [4.78, 5) is 25.0. The molecule has 3 aromatic rings. The van der Waals surface area contributed by atoms with Gasteiger partial charge in [0, 0.05) is 23.9 Å². The Morgan fingerprint density at radius 3 is 2.60 bits per heavy atom. The molecule has 2 heterocycles. The van der Waals surface area contributed by atoms with Gasteiger partial charge in [0.05, 0.1) is 10.6 Å². The Balaban J connectivity index is 1.70. The predicted molar refractivity (Wildman–Crippen MR) is 119 cm³/mol. The van der Waals surface area contributed by atoms with Crippen LogP contribution >= 0.6 is 11.3 Å². The van der Waals surface area contributed by atoms with Gasteiger partial charge in [0.2, 0.25) is 0 Å².